The highest BCUT2D eigenvalue weighted by atomic mass is 79.9. The SMILES string of the molecule is Br[C@@H]1CNC[C@H]1Br. The minimum Gasteiger partial charge on any atom is -0.314 e. The zero-order valence-corrected chi connectivity index (χ0v) is 7.00. The first kappa shape index (κ1) is 6.05. The van der Waals surface area contributed by atoms with Gasteiger partial charge in [0.05, 0.1) is 0 Å². The Balaban J connectivity index is 2.33. The number of hydrogen-bond acceptors (Lipinski definition) is 1. The molecule has 0 radical (unpaired) electrons. The fraction of sp³-hybridized carbons (Fsp3) is 1.00. The molecule has 0 bridgehead atoms. The molecule has 1 fully saturated rings. The molecule has 1 rings (SSSR count). The molecule has 0 spiro atoms. The molecule has 0 aromatic heterocycles. The number of halogens is 2. The average Bonchev–Trinajstić information content (AvgIpc) is 1.91. The summed E-state index contributed by atoms with van der Waals surface area (Å²) in [4.78, 5) is 1.26. The molecule has 42 valence electrons. The smallest absolute Gasteiger partial charge is 0.0408 e. The molecule has 1 nitrogen and oxygen atoms in total. The molecule has 1 saturated heterocycles. The minimum atomic E-state index is 0.632. The molecule has 3 heteroatoms. The summed E-state index contributed by atoms with van der Waals surface area (Å²) >= 11 is 6.99. The van der Waals surface area contributed by atoms with Crippen molar-refractivity contribution in [3.63, 3.8) is 0 Å². The van der Waals surface area contributed by atoms with E-state index in [9.17, 15) is 0 Å². The van der Waals surface area contributed by atoms with Crippen LogP contribution in [0.4, 0.5) is 0 Å². The molecule has 1 heterocycles. The van der Waals surface area contributed by atoms with E-state index < -0.39 is 0 Å². The van der Waals surface area contributed by atoms with E-state index in [-0.39, 0.29) is 0 Å². The molecular weight excluding hydrogens is 222 g/mol. The summed E-state index contributed by atoms with van der Waals surface area (Å²) in [7, 11) is 0. The zero-order valence-electron chi connectivity index (χ0n) is 3.82. The van der Waals surface area contributed by atoms with Crippen molar-refractivity contribution in [1.82, 2.24) is 5.32 Å². The maximum Gasteiger partial charge on any atom is 0.0408 e. The van der Waals surface area contributed by atoms with Crippen molar-refractivity contribution in [2.24, 2.45) is 0 Å². The van der Waals surface area contributed by atoms with Gasteiger partial charge < -0.3 is 5.32 Å². The highest BCUT2D eigenvalue weighted by Gasteiger charge is 2.20. The van der Waals surface area contributed by atoms with Crippen LogP contribution in [0.5, 0.6) is 0 Å². The first-order valence-corrected chi connectivity index (χ1v) is 4.12. The minimum absolute atomic E-state index is 0.632. The van der Waals surface area contributed by atoms with Crippen LogP contribution in [0.3, 0.4) is 0 Å². The van der Waals surface area contributed by atoms with Crippen LogP contribution in [0, 0.1) is 0 Å². The molecule has 0 unspecified atom stereocenters. The van der Waals surface area contributed by atoms with Gasteiger partial charge in [-0.1, -0.05) is 31.9 Å². The van der Waals surface area contributed by atoms with Crippen molar-refractivity contribution >= 4 is 31.9 Å². The average molecular weight is 229 g/mol. The van der Waals surface area contributed by atoms with E-state index in [0.29, 0.717) is 9.65 Å². The molecule has 1 N–H and O–H groups in total. The maximum absolute atomic E-state index is 3.49. The standard InChI is InChI=1S/C4H7Br2N/c5-3-1-7-2-4(3)6/h3-4,7H,1-2H2/t3-,4-/m1/s1. The summed E-state index contributed by atoms with van der Waals surface area (Å²) in [5, 5.41) is 3.23. The van der Waals surface area contributed by atoms with Crippen LogP contribution in [0.25, 0.3) is 0 Å². The van der Waals surface area contributed by atoms with E-state index in [2.05, 4.69) is 37.2 Å². The van der Waals surface area contributed by atoms with E-state index >= 15 is 0 Å². The van der Waals surface area contributed by atoms with Crippen LogP contribution >= 0.6 is 31.9 Å². The quantitative estimate of drug-likeness (QED) is 0.613. The normalized spacial score (nSPS) is 42.0. The molecule has 2 atom stereocenters. The van der Waals surface area contributed by atoms with Crippen LogP contribution in [0.2, 0.25) is 0 Å². The lowest BCUT2D eigenvalue weighted by Crippen LogP contribution is -2.08. The Morgan fingerprint density at radius 2 is 1.57 bits per heavy atom. The maximum atomic E-state index is 3.49. The van der Waals surface area contributed by atoms with Gasteiger partial charge in [-0.15, -0.1) is 0 Å². The van der Waals surface area contributed by atoms with Gasteiger partial charge in [0.15, 0.2) is 0 Å². The summed E-state index contributed by atoms with van der Waals surface area (Å²) in [6, 6.07) is 0. The summed E-state index contributed by atoms with van der Waals surface area (Å²) < 4.78 is 0. The van der Waals surface area contributed by atoms with E-state index in [0.717, 1.165) is 13.1 Å². The summed E-state index contributed by atoms with van der Waals surface area (Å²) in [6.45, 7) is 2.19. The predicted octanol–water partition coefficient (Wildman–Crippen LogP) is 1.12. The van der Waals surface area contributed by atoms with Crippen LogP contribution in [-0.4, -0.2) is 22.7 Å². The molecular formula is C4H7Br2N. The zero-order chi connectivity index (χ0) is 5.28. The highest BCUT2D eigenvalue weighted by Crippen LogP contribution is 2.16. The third-order valence-corrected chi connectivity index (χ3v) is 3.70. The Bertz CT molecular complexity index is 58.7. The fourth-order valence-electron chi connectivity index (χ4n) is 0.615. The van der Waals surface area contributed by atoms with Crippen molar-refractivity contribution in [3.8, 4) is 0 Å². The van der Waals surface area contributed by atoms with Crippen molar-refractivity contribution in [1.29, 1.82) is 0 Å². The predicted molar refractivity (Wildman–Crippen MR) is 38.3 cm³/mol. The summed E-state index contributed by atoms with van der Waals surface area (Å²) in [5.74, 6) is 0. The first-order valence-electron chi connectivity index (χ1n) is 2.29. The Morgan fingerprint density at radius 1 is 1.14 bits per heavy atom. The number of alkyl halides is 2. The van der Waals surface area contributed by atoms with Crippen LogP contribution in [0.1, 0.15) is 0 Å². The van der Waals surface area contributed by atoms with Crippen molar-refractivity contribution in [2.75, 3.05) is 13.1 Å². The van der Waals surface area contributed by atoms with Gasteiger partial charge in [0.2, 0.25) is 0 Å². The molecule has 0 aliphatic carbocycles. The Labute approximate surface area is 60.1 Å². The highest BCUT2D eigenvalue weighted by molar-refractivity contribution is 9.12. The van der Waals surface area contributed by atoms with Gasteiger partial charge in [-0.25, -0.2) is 0 Å². The van der Waals surface area contributed by atoms with Crippen LogP contribution < -0.4 is 5.32 Å². The Hall–Kier alpha value is 0.920. The van der Waals surface area contributed by atoms with Crippen molar-refractivity contribution < 1.29 is 0 Å². The molecule has 1 aliphatic heterocycles. The third-order valence-electron chi connectivity index (χ3n) is 1.07. The molecule has 7 heavy (non-hydrogen) atoms. The van der Waals surface area contributed by atoms with E-state index in [1.165, 1.54) is 0 Å². The lowest BCUT2D eigenvalue weighted by Gasteiger charge is -1.99. The molecule has 0 saturated carbocycles. The first-order chi connectivity index (χ1) is 3.30. The van der Waals surface area contributed by atoms with Crippen LogP contribution in [-0.2, 0) is 0 Å². The third kappa shape index (κ3) is 1.40. The number of rotatable bonds is 0. The Morgan fingerprint density at radius 3 is 1.71 bits per heavy atom. The van der Waals surface area contributed by atoms with Gasteiger partial charge in [-0.05, 0) is 0 Å². The van der Waals surface area contributed by atoms with Gasteiger partial charge in [0, 0.05) is 22.7 Å². The van der Waals surface area contributed by atoms with Gasteiger partial charge in [-0.2, -0.15) is 0 Å². The summed E-state index contributed by atoms with van der Waals surface area (Å²) in [5.41, 5.74) is 0. The molecule has 1 aliphatic rings. The largest absolute Gasteiger partial charge is 0.314 e. The second kappa shape index (κ2) is 2.46. The van der Waals surface area contributed by atoms with Gasteiger partial charge in [-0.3, -0.25) is 0 Å². The topological polar surface area (TPSA) is 12.0 Å². The van der Waals surface area contributed by atoms with Crippen molar-refractivity contribution in [2.45, 2.75) is 9.65 Å². The molecule has 0 aromatic carbocycles. The second-order valence-electron chi connectivity index (χ2n) is 1.69. The molecule has 0 aromatic rings. The van der Waals surface area contributed by atoms with E-state index in [1.807, 2.05) is 0 Å². The van der Waals surface area contributed by atoms with E-state index in [1.54, 1.807) is 0 Å². The number of hydrogen-bond donors (Lipinski definition) is 1. The molecule has 0 amide bonds. The van der Waals surface area contributed by atoms with Gasteiger partial charge >= 0.3 is 0 Å². The lowest BCUT2D eigenvalue weighted by molar-refractivity contribution is 0.863. The van der Waals surface area contributed by atoms with E-state index in [4.69, 9.17) is 0 Å². The number of nitrogens with one attached hydrogen (secondary N) is 1. The van der Waals surface area contributed by atoms with Gasteiger partial charge in [0.1, 0.15) is 0 Å². The van der Waals surface area contributed by atoms with Gasteiger partial charge in [0.25, 0.3) is 0 Å². The van der Waals surface area contributed by atoms with Crippen LogP contribution in [0.15, 0.2) is 0 Å². The van der Waals surface area contributed by atoms with Crippen molar-refractivity contribution in [3.05, 3.63) is 0 Å². The summed E-state index contributed by atoms with van der Waals surface area (Å²) in [6.07, 6.45) is 0. The fourth-order valence-corrected chi connectivity index (χ4v) is 1.45. The Kier molecular flexibility index (Phi) is 2.13. The lowest BCUT2D eigenvalue weighted by atomic mass is 10.4. The monoisotopic (exact) mass is 227 g/mol. The second-order valence-corrected chi connectivity index (χ2v) is 4.04.